The van der Waals surface area contributed by atoms with E-state index in [0.717, 1.165) is 27.8 Å². The molecule has 0 unspecified atom stereocenters. The summed E-state index contributed by atoms with van der Waals surface area (Å²) in [4.78, 5) is 26.6. The van der Waals surface area contributed by atoms with Gasteiger partial charge in [-0.2, -0.15) is 0 Å². The van der Waals surface area contributed by atoms with Gasteiger partial charge in [0.2, 0.25) is 5.91 Å². The Morgan fingerprint density at radius 3 is 2.40 bits per heavy atom. The van der Waals surface area contributed by atoms with E-state index in [-0.39, 0.29) is 11.7 Å². The molecule has 4 aromatic rings. The summed E-state index contributed by atoms with van der Waals surface area (Å²) < 4.78 is 18.9. The van der Waals surface area contributed by atoms with Crippen molar-refractivity contribution >= 4 is 22.6 Å². The van der Waals surface area contributed by atoms with E-state index in [1.807, 2.05) is 47.4 Å². The first-order chi connectivity index (χ1) is 17.2. The van der Waals surface area contributed by atoms with Gasteiger partial charge in [0, 0.05) is 43.5 Å². The van der Waals surface area contributed by atoms with Gasteiger partial charge in [-0.15, -0.1) is 0 Å². The predicted octanol–water partition coefficient (Wildman–Crippen LogP) is 4.69. The third-order valence-corrected chi connectivity index (χ3v) is 6.16. The van der Waals surface area contributed by atoms with Crippen molar-refractivity contribution in [3.8, 4) is 11.4 Å². The maximum Gasteiger partial charge on any atom is 0.224 e. The third-order valence-electron chi connectivity index (χ3n) is 6.16. The van der Waals surface area contributed by atoms with Gasteiger partial charge < -0.3 is 14.5 Å². The first-order valence-electron chi connectivity index (χ1n) is 11.8. The Labute approximate surface area is 204 Å². The molecule has 178 valence electrons. The van der Waals surface area contributed by atoms with Crippen molar-refractivity contribution in [1.82, 2.24) is 14.9 Å². The number of carbonyl (C=O) groups excluding carboxylic acids is 1. The van der Waals surface area contributed by atoms with Crippen molar-refractivity contribution in [1.29, 1.82) is 0 Å². The number of nitrogens with zero attached hydrogens (tertiary/aromatic N) is 4. The van der Waals surface area contributed by atoms with Crippen LogP contribution in [0.5, 0.6) is 0 Å². The van der Waals surface area contributed by atoms with E-state index in [0.29, 0.717) is 51.6 Å². The lowest BCUT2D eigenvalue weighted by atomic mass is 10.1. The lowest BCUT2D eigenvalue weighted by Gasteiger charge is -2.29. The molecule has 5 rings (SSSR count). The fraction of sp³-hybridized carbons (Fsp3) is 0.250. The fourth-order valence-corrected chi connectivity index (χ4v) is 4.29. The highest BCUT2D eigenvalue weighted by atomic mass is 19.1. The van der Waals surface area contributed by atoms with Gasteiger partial charge in [0.1, 0.15) is 11.6 Å². The Kier molecular flexibility index (Phi) is 6.95. The Morgan fingerprint density at radius 1 is 0.914 bits per heavy atom. The molecule has 0 bridgehead atoms. The van der Waals surface area contributed by atoms with Gasteiger partial charge in [-0.05, 0) is 42.0 Å². The number of morpholine rings is 1. The van der Waals surface area contributed by atoms with Crippen LogP contribution in [0.1, 0.15) is 12.0 Å². The van der Waals surface area contributed by atoms with Crippen molar-refractivity contribution < 1.29 is 13.9 Å². The summed E-state index contributed by atoms with van der Waals surface area (Å²) in [5.74, 6) is 1.09. The maximum atomic E-state index is 13.5. The van der Waals surface area contributed by atoms with Gasteiger partial charge in [0.05, 0.1) is 18.7 Å². The molecule has 0 radical (unpaired) electrons. The van der Waals surface area contributed by atoms with Crippen LogP contribution in [0.25, 0.3) is 22.3 Å². The summed E-state index contributed by atoms with van der Waals surface area (Å²) in [7, 11) is 0. The van der Waals surface area contributed by atoms with E-state index < -0.39 is 0 Å². The monoisotopic (exact) mass is 470 g/mol. The molecule has 1 fully saturated rings. The minimum absolute atomic E-state index is 0.114. The Balaban J connectivity index is 1.52. The SMILES string of the molecule is O=C(CCN(Cc1ccccc1)c1nc(-c2ccc(F)cc2)nc2ccccc12)N1CCOCC1. The maximum absolute atomic E-state index is 13.5. The molecular weight excluding hydrogens is 443 g/mol. The predicted molar refractivity (Wildman–Crippen MR) is 134 cm³/mol. The summed E-state index contributed by atoms with van der Waals surface area (Å²) in [5, 5.41) is 0.910. The number of rotatable bonds is 7. The van der Waals surface area contributed by atoms with Gasteiger partial charge in [0.15, 0.2) is 5.82 Å². The highest BCUT2D eigenvalue weighted by molar-refractivity contribution is 5.91. The standard InChI is InChI=1S/C28H27FN4O2/c29-23-12-10-22(11-13-23)27-30-25-9-5-4-8-24(25)28(31-27)33(20-21-6-2-1-3-7-21)15-14-26(34)32-16-18-35-19-17-32/h1-13H,14-20H2. The Morgan fingerprint density at radius 2 is 1.63 bits per heavy atom. The molecule has 0 atom stereocenters. The smallest absolute Gasteiger partial charge is 0.224 e. The van der Waals surface area contributed by atoms with E-state index in [1.54, 1.807) is 12.1 Å². The first-order valence-corrected chi connectivity index (χ1v) is 11.8. The van der Waals surface area contributed by atoms with Crippen molar-refractivity contribution in [2.45, 2.75) is 13.0 Å². The number of benzene rings is 3. The van der Waals surface area contributed by atoms with Crippen LogP contribution < -0.4 is 4.90 Å². The van der Waals surface area contributed by atoms with Crippen LogP contribution >= 0.6 is 0 Å². The van der Waals surface area contributed by atoms with E-state index >= 15 is 0 Å². The minimum atomic E-state index is -0.304. The average Bonchev–Trinajstić information content (AvgIpc) is 2.92. The molecule has 7 heteroatoms. The summed E-state index contributed by atoms with van der Waals surface area (Å²) >= 11 is 0. The van der Waals surface area contributed by atoms with Gasteiger partial charge in [-0.1, -0.05) is 42.5 Å². The quantitative estimate of drug-likeness (QED) is 0.392. The van der Waals surface area contributed by atoms with E-state index in [2.05, 4.69) is 17.0 Å². The Hall–Kier alpha value is -3.84. The number of para-hydroxylation sites is 1. The van der Waals surface area contributed by atoms with Crippen molar-refractivity contribution in [2.24, 2.45) is 0 Å². The van der Waals surface area contributed by atoms with Gasteiger partial charge in [0.25, 0.3) is 0 Å². The van der Waals surface area contributed by atoms with Crippen molar-refractivity contribution in [3.05, 3.63) is 90.2 Å². The summed E-state index contributed by atoms with van der Waals surface area (Å²) in [6.45, 7) is 3.52. The van der Waals surface area contributed by atoms with Crippen LogP contribution in [-0.4, -0.2) is 53.6 Å². The first kappa shape index (κ1) is 22.9. The molecule has 1 aliphatic heterocycles. The lowest BCUT2D eigenvalue weighted by molar-refractivity contribution is -0.135. The zero-order valence-electron chi connectivity index (χ0n) is 19.4. The summed E-state index contributed by atoms with van der Waals surface area (Å²) in [6.07, 6.45) is 0.372. The number of aromatic nitrogens is 2. The van der Waals surface area contributed by atoms with Gasteiger partial charge in [-0.25, -0.2) is 14.4 Å². The molecular formula is C28H27FN4O2. The molecule has 6 nitrogen and oxygen atoms in total. The van der Waals surface area contributed by atoms with Crippen molar-refractivity contribution in [3.63, 3.8) is 0 Å². The molecule has 1 aromatic heterocycles. The zero-order chi connectivity index (χ0) is 24.0. The molecule has 0 aliphatic carbocycles. The molecule has 1 amide bonds. The molecule has 1 saturated heterocycles. The van der Waals surface area contributed by atoms with Crippen LogP contribution in [0.15, 0.2) is 78.9 Å². The number of anilines is 1. The number of ether oxygens (including phenoxy) is 1. The van der Waals surface area contributed by atoms with Gasteiger partial charge >= 0.3 is 0 Å². The molecule has 0 N–H and O–H groups in total. The molecule has 2 heterocycles. The van der Waals surface area contributed by atoms with E-state index in [9.17, 15) is 9.18 Å². The Bertz CT molecular complexity index is 1290. The van der Waals surface area contributed by atoms with Crippen molar-refractivity contribution in [2.75, 3.05) is 37.7 Å². The second-order valence-corrected chi connectivity index (χ2v) is 8.55. The number of hydrogen-bond acceptors (Lipinski definition) is 5. The topological polar surface area (TPSA) is 58.6 Å². The molecule has 0 saturated carbocycles. The normalized spacial score (nSPS) is 13.7. The molecule has 0 spiro atoms. The average molecular weight is 471 g/mol. The van der Waals surface area contributed by atoms with Crippen LogP contribution in [0.3, 0.4) is 0 Å². The molecule has 35 heavy (non-hydrogen) atoms. The van der Waals surface area contributed by atoms with Crippen LogP contribution in [0.4, 0.5) is 10.2 Å². The fourth-order valence-electron chi connectivity index (χ4n) is 4.29. The molecule has 1 aliphatic rings. The molecule has 3 aromatic carbocycles. The van der Waals surface area contributed by atoms with Crippen LogP contribution in [0.2, 0.25) is 0 Å². The summed E-state index contributed by atoms with van der Waals surface area (Å²) in [5.41, 5.74) is 2.66. The largest absolute Gasteiger partial charge is 0.378 e. The third kappa shape index (κ3) is 5.46. The number of fused-ring (bicyclic) bond motifs is 1. The highest BCUT2D eigenvalue weighted by Gasteiger charge is 2.21. The highest BCUT2D eigenvalue weighted by Crippen LogP contribution is 2.29. The number of hydrogen-bond donors (Lipinski definition) is 0. The number of halogens is 1. The van der Waals surface area contributed by atoms with E-state index in [4.69, 9.17) is 14.7 Å². The van der Waals surface area contributed by atoms with Gasteiger partial charge in [-0.3, -0.25) is 4.79 Å². The van der Waals surface area contributed by atoms with Crippen LogP contribution in [0, 0.1) is 5.82 Å². The lowest BCUT2D eigenvalue weighted by Crippen LogP contribution is -2.42. The second-order valence-electron chi connectivity index (χ2n) is 8.55. The van der Waals surface area contributed by atoms with E-state index in [1.165, 1.54) is 12.1 Å². The second kappa shape index (κ2) is 10.6. The number of carbonyl (C=O) groups is 1. The zero-order valence-corrected chi connectivity index (χ0v) is 19.4. The minimum Gasteiger partial charge on any atom is -0.378 e. The number of amides is 1. The van der Waals surface area contributed by atoms with Crippen LogP contribution in [-0.2, 0) is 16.1 Å². The summed E-state index contributed by atoms with van der Waals surface area (Å²) in [6, 6.07) is 24.2.